The van der Waals surface area contributed by atoms with Gasteiger partial charge in [-0.15, -0.1) is 0 Å². The lowest BCUT2D eigenvalue weighted by Gasteiger charge is -2.34. The number of ketones is 1. The molecule has 3 heteroatoms. The number of halogens is 1. The summed E-state index contributed by atoms with van der Waals surface area (Å²) in [6.45, 7) is 1.66. The van der Waals surface area contributed by atoms with Crippen molar-refractivity contribution in [2.75, 3.05) is 0 Å². The van der Waals surface area contributed by atoms with Gasteiger partial charge in [0.1, 0.15) is 11.6 Å². The van der Waals surface area contributed by atoms with E-state index in [1.54, 1.807) is 19.1 Å². The van der Waals surface area contributed by atoms with Gasteiger partial charge >= 0.3 is 0 Å². The van der Waals surface area contributed by atoms with Crippen LogP contribution in [0.1, 0.15) is 24.0 Å². The lowest BCUT2D eigenvalue weighted by atomic mass is 9.64. The molecule has 0 aromatic heterocycles. The molecular formula is C12H10FNO. The Morgan fingerprint density at radius 2 is 2.13 bits per heavy atom. The number of nitriles is 1. The van der Waals surface area contributed by atoms with Gasteiger partial charge in [-0.05, 0) is 24.1 Å². The smallest absolute Gasteiger partial charge is 0.136 e. The highest BCUT2D eigenvalue weighted by Crippen LogP contribution is 2.40. The van der Waals surface area contributed by atoms with E-state index in [1.807, 2.05) is 0 Å². The monoisotopic (exact) mass is 203 g/mol. The number of hydrogen-bond donors (Lipinski definition) is 0. The zero-order valence-electron chi connectivity index (χ0n) is 8.38. The summed E-state index contributed by atoms with van der Waals surface area (Å²) in [5.74, 6) is -0.184. The Morgan fingerprint density at radius 1 is 1.47 bits per heavy atom. The fraction of sp³-hybridized carbons (Fsp3) is 0.333. The van der Waals surface area contributed by atoms with Gasteiger partial charge in [0, 0.05) is 12.8 Å². The molecule has 0 atom stereocenters. The van der Waals surface area contributed by atoms with Crippen LogP contribution in [0.3, 0.4) is 0 Å². The minimum atomic E-state index is -0.699. The van der Waals surface area contributed by atoms with E-state index in [1.165, 1.54) is 6.07 Å². The van der Waals surface area contributed by atoms with Crippen LogP contribution in [0.15, 0.2) is 18.2 Å². The van der Waals surface area contributed by atoms with Crippen molar-refractivity contribution in [3.05, 3.63) is 35.1 Å². The Hall–Kier alpha value is -1.69. The van der Waals surface area contributed by atoms with Crippen LogP contribution in [0.4, 0.5) is 4.39 Å². The number of aryl methyl sites for hydroxylation is 1. The summed E-state index contributed by atoms with van der Waals surface area (Å²) in [5.41, 5.74) is 0.570. The van der Waals surface area contributed by atoms with Gasteiger partial charge < -0.3 is 0 Å². The van der Waals surface area contributed by atoms with E-state index in [-0.39, 0.29) is 24.4 Å². The Kier molecular flexibility index (Phi) is 2.08. The Labute approximate surface area is 87.3 Å². The fourth-order valence-corrected chi connectivity index (χ4v) is 1.91. The highest BCUT2D eigenvalue weighted by Gasteiger charge is 2.45. The molecule has 15 heavy (non-hydrogen) atoms. The van der Waals surface area contributed by atoms with Crippen molar-refractivity contribution >= 4 is 5.78 Å². The lowest BCUT2D eigenvalue weighted by Crippen LogP contribution is -2.40. The maximum Gasteiger partial charge on any atom is 0.136 e. The molecule has 0 unspecified atom stereocenters. The first-order chi connectivity index (χ1) is 7.07. The number of benzene rings is 1. The van der Waals surface area contributed by atoms with Crippen molar-refractivity contribution in [1.82, 2.24) is 0 Å². The number of rotatable bonds is 1. The molecule has 0 radical (unpaired) electrons. The van der Waals surface area contributed by atoms with Crippen LogP contribution < -0.4 is 0 Å². The topological polar surface area (TPSA) is 40.9 Å². The predicted octanol–water partition coefficient (Wildman–Crippen LogP) is 2.26. The van der Waals surface area contributed by atoms with Crippen LogP contribution >= 0.6 is 0 Å². The molecule has 1 aromatic rings. The molecule has 1 aliphatic carbocycles. The van der Waals surface area contributed by atoms with Crippen LogP contribution in [0.25, 0.3) is 0 Å². The van der Waals surface area contributed by atoms with E-state index >= 15 is 0 Å². The van der Waals surface area contributed by atoms with Crippen molar-refractivity contribution in [3.63, 3.8) is 0 Å². The Morgan fingerprint density at radius 3 is 2.60 bits per heavy atom. The standard InChI is InChI=1S/C12H10FNO/c1-8-4-9(2-3-11(8)13)12(7-14)5-10(15)6-12/h2-4H,5-6H2,1H3. The third-order valence-electron chi connectivity index (χ3n) is 2.92. The first kappa shape index (κ1) is 9.85. The van der Waals surface area contributed by atoms with E-state index in [9.17, 15) is 9.18 Å². The van der Waals surface area contributed by atoms with E-state index in [0.29, 0.717) is 5.56 Å². The minimum Gasteiger partial charge on any atom is -0.300 e. The normalized spacial score (nSPS) is 18.1. The largest absolute Gasteiger partial charge is 0.300 e. The summed E-state index contributed by atoms with van der Waals surface area (Å²) in [4.78, 5) is 11.0. The Bertz CT molecular complexity index is 465. The maximum absolute atomic E-state index is 13.0. The maximum atomic E-state index is 13.0. The van der Waals surface area contributed by atoms with Crippen molar-refractivity contribution in [2.45, 2.75) is 25.2 Å². The summed E-state index contributed by atoms with van der Waals surface area (Å²) in [6, 6.07) is 6.77. The molecule has 1 fully saturated rings. The van der Waals surface area contributed by atoms with Crippen LogP contribution in [-0.4, -0.2) is 5.78 Å². The second-order valence-corrected chi connectivity index (χ2v) is 4.05. The Balaban J connectivity index is 2.42. The SMILES string of the molecule is Cc1cc(C2(C#N)CC(=O)C2)ccc1F. The second-order valence-electron chi connectivity index (χ2n) is 4.05. The van der Waals surface area contributed by atoms with Crippen molar-refractivity contribution in [2.24, 2.45) is 0 Å². The molecule has 76 valence electrons. The summed E-state index contributed by atoms with van der Waals surface area (Å²) in [7, 11) is 0. The van der Waals surface area contributed by atoms with Gasteiger partial charge in [0.05, 0.1) is 11.5 Å². The molecule has 1 saturated carbocycles. The highest BCUT2D eigenvalue weighted by molar-refractivity contribution is 5.90. The zero-order valence-corrected chi connectivity index (χ0v) is 8.38. The van der Waals surface area contributed by atoms with E-state index in [2.05, 4.69) is 6.07 Å². The average Bonchev–Trinajstić information content (AvgIpc) is 2.17. The van der Waals surface area contributed by atoms with Crippen molar-refractivity contribution < 1.29 is 9.18 Å². The zero-order chi connectivity index (χ0) is 11.1. The van der Waals surface area contributed by atoms with E-state index in [0.717, 1.165) is 5.56 Å². The summed E-state index contributed by atoms with van der Waals surface area (Å²) >= 11 is 0. The molecule has 2 rings (SSSR count). The number of hydrogen-bond acceptors (Lipinski definition) is 2. The molecule has 1 aliphatic rings. The van der Waals surface area contributed by atoms with Gasteiger partial charge in [0.25, 0.3) is 0 Å². The first-order valence-corrected chi connectivity index (χ1v) is 4.77. The van der Waals surface area contributed by atoms with Crippen LogP contribution in [-0.2, 0) is 10.2 Å². The van der Waals surface area contributed by atoms with E-state index < -0.39 is 5.41 Å². The fourth-order valence-electron chi connectivity index (χ4n) is 1.91. The molecule has 2 nitrogen and oxygen atoms in total. The van der Waals surface area contributed by atoms with Crippen LogP contribution in [0.5, 0.6) is 0 Å². The number of Topliss-reactive ketones (excluding diaryl/α,β-unsaturated/α-hetero) is 1. The molecule has 0 N–H and O–H groups in total. The quantitative estimate of drug-likeness (QED) is 0.702. The number of carbonyl (C=O) groups is 1. The molecule has 0 bridgehead atoms. The van der Waals surface area contributed by atoms with Crippen LogP contribution in [0.2, 0.25) is 0 Å². The van der Waals surface area contributed by atoms with Gasteiger partial charge in [0.15, 0.2) is 0 Å². The second kappa shape index (κ2) is 3.16. The van der Waals surface area contributed by atoms with Crippen molar-refractivity contribution in [1.29, 1.82) is 5.26 Å². The van der Waals surface area contributed by atoms with Gasteiger partial charge in [-0.3, -0.25) is 4.79 Å². The highest BCUT2D eigenvalue weighted by atomic mass is 19.1. The third-order valence-corrected chi connectivity index (χ3v) is 2.92. The van der Waals surface area contributed by atoms with Gasteiger partial charge in [-0.1, -0.05) is 12.1 Å². The first-order valence-electron chi connectivity index (χ1n) is 4.77. The average molecular weight is 203 g/mol. The molecule has 0 spiro atoms. The van der Waals surface area contributed by atoms with Gasteiger partial charge in [-0.25, -0.2) is 4.39 Å². The van der Waals surface area contributed by atoms with E-state index in [4.69, 9.17) is 5.26 Å². The molecule has 1 aromatic carbocycles. The number of carbonyl (C=O) groups excluding carboxylic acids is 1. The lowest BCUT2D eigenvalue weighted by molar-refractivity contribution is -0.126. The summed E-state index contributed by atoms with van der Waals surface area (Å²) in [6.07, 6.45) is 0.517. The van der Waals surface area contributed by atoms with Gasteiger partial charge in [0.2, 0.25) is 0 Å². The van der Waals surface area contributed by atoms with Gasteiger partial charge in [-0.2, -0.15) is 5.26 Å². The number of nitrogens with zero attached hydrogens (tertiary/aromatic N) is 1. The molecular weight excluding hydrogens is 193 g/mol. The summed E-state index contributed by atoms with van der Waals surface area (Å²) in [5, 5.41) is 9.07. The molecule has 0 amide bonds. The summed E-state index contributed by atoms with van der Waals surface area (Å²) < 4.78 is 13.0. The molecule has 0 aliphatic heterocycles. The van der Waals surface area contributed by atoms with Crippen LogP contribution in [0, 0.1) is 24.1 Å². The van der Waals surface area contributed by atoms with Crippen molar-refractivity contribution in [3.8, 4) is 6.07 Å². The molecule has 0 saturated heterocycles. The molecule has 0 heterocycles. The minimum absolute atomic E-state index is 0.0959. The predicted molar refractivity (Wildman–Crippen MR) is 52.7 cm³/mol. The third kappa shape index (κ3) is 1.42.